The van der Waals surface area contributed by atoms with E-state index in [9.17, 15) is 4.79 Å². The quantitative estimate of drug-likeness (QED) is 0.549. The summed E-state index contributed by atoms with van der Waals surface area (Å²) in [6.07, 6.45) is 2.90. The first-order valence-electron chi connectivity index (χ1n) is 7.68. The summed E-state index contributed by atoms with van der Waals surface area (Å²) in [6, 6.07) is 11.8. The van der Waals surface area contributed by atoms with Crippen molar-refractivity contribution in [3.63, 3.8) is 0 Å². The number of benzene rings is 1. The molecule has 1 aromatic carbocycles. The van der Waals surface area contributed by atoms with Gasteiger partial charge >= 0.3 is 0 Å². The number of aromatic nitrogens is 5. The number of nitrogens with one attached hydrogen (secondary N) is 2. The Morgan fingerprint density at radius 2 is 2.04 bits per heavy atom. The van der Waals surface area contributed by atoms with E-state index in [1.165, 1.54) is 24.4 Å². The average molecular weight is 350 g/mol. The van der Waals surface area contributed by atoms with Crippen LogP contribution in [0, 0.1) is 0 Å². The van der Waals surface area contributed by atoms with Crippen LogP contribution in [-0.2, 0) is 4.79 Å². The molecule has 0 bridgehead atoms. The number of hydrogen-bond donors (Lipinski definition) is 2. The number of thioether (sulfide) groups is 1. The van der Waals surface area contributed by atoms with Crippen LogP contribution in [0.4, 0.5) is 5.82 Å². The van der Waals surface area contributed by atoms with Gasteiger partial charge in [-0.2, -0.15) is 0 Å². The number of hydrogen-bond acceptors (Lipinski definition) is 6. The highest BCUT2D eigenvalue weighted by atomic mass is 32.2. The molecule has 0 unspecified atom stereocenters. The van der Waals surface area contributed by atoms with E-state index in [4.69, 9.17) is 0 Å². The molecule has 124 valence electrons. The summed E-state index contributed by atoms with van der Waals surface area (Å²) in [7, 11) is 0. The maximum absolute atomic E-state index is 12.5. The van der Waals surface area contributed by atoms with Crippen molar-refractivity contribution >= 4 is 45.6 Å². The molecule has 0 aliphatic rings. The van der Waals surface area contributed by atoms with E-state index in [0.717, 1.165) is 15.9 Å². The summed E-state index contributed by atoms with van der Waals surface area (Å²) in [4.78, 5) is 32.2. The predicted octanol–water partition coefficient (Wildman–Crippen LogP) is 3.02. The molecule has 4 rings (SSSR count). The van der Waals surface area contributed by atoms with E-state index in [1.807, 2.05) is 43.3 Å². The van der Waals surface area contributed by atoms with Gasteiger partial charge in [-0.25, -0.2) is 19.9 Å². The number of aromatic amines is 1. The molecule has 8 heteroatoms. The number of fused-ring (bicyclic) bond motifs is 2. The third-order valence-corrected chi connectivity index (χ3v) is 4.74. The Bertz CT molecular complexity index is 1060. The zero-order valence-corrected chi connectivity index (χ0v) is 14.1. The second-order valence-corrected chi connectivity index (χ2v) is 6.78. The fraction of sp³-hybridized carbons (Fsp3) is 0.118. The van der Waals surface area contributed by atoms with Gasteiger partial charge in [-0.3, -0.25) is 4.79 Å². The Labute approximate surface area is 147 Å². The number of H-pyrrole nitrogens is 1. The molecule has 25 heavy (non-hydrogen) atoms. The van der Waals surface area contributed by atoms with Crippen molar-refractivity contribution in [2.45, 2.75) is 17.2 Å². The number of pyridine rings is 1. The maximum atomic E-state index is 12.5. The van der Waals surface area contributed by atoms with Gasteiger partial charge in [0.1, 0.15) is 11.8 Å². The SMILES string of the molecule is C[C@H](Sc1ccc2ccccc2n1)C(=O)Nc1ncnc2nc[nH]c12. The van der Waals surface area contributed by atoms with Gasteiger partial charge < -0.3 is 10.3 Å². The van der Waals surface area contributed by atoms with Gasteiger partial charge in [-0.1, -0.05) is 36.0 Å². The van der Waals surface area contributed by atoms with E-state index in [1.54, 1.807) is 0 Å². The van der Waals surface area contributed by atoms with Gasteiger partial charge in [0.2, 0.25) is 5.91 Å². The van der Waals surface area contributed by atoms with Crippen LogP contribution in [0.25, 0.3) is 22.1 Å². The molecule has 0 radical (unpaired) electrons. The Kier molecular flexibility index (Phi) is 4.02. The molecule has 2 N–H and O–H groups in total. The zero-order valence-electron chi connectivity index (χ0n) is 13.3. The minimum Gasteiger partial charge on any atom is -0.340 e. The van der Waals surface area contributed by atoms with Crippen LogP contribution in [0.1, 0.15) is 6.92 Å². The van der Waals surface area contributed by atoms with E-state index in [-0.39, 0.29) is 11.2 Å². The zero-order chi connectivity index (χ0) is 17.2. The molecule has 1 atom stereocenters. The first-order valence-corrected chi connectivity index (χ1v) is 8.56. The van der Waals surface area contributed by atoms with Crippen LogP contribution in [0.5, 0.6) is 0 Å². The summed E-state index contributed by atoms with van der Waals surface area (Å²) in [5.41, 5.74) is 2.04. The summed E-state index contributed by atoms with van der Waals surface area (Å²) in [5, 5.41) is 4.36. The van der Waals surface area contributed by atoms with Gasteiger partial charge in [0.05, 0.1) is 22.1 Å². The lowest BCUT2D eigenvalue weighted by molar-refractivity contribution is -0.115. The van der Waals surface area contributed by atoms with Gasteiger partial charge in [-0.05, 0) is 19.1 Å². The van der Waals surface area contributed by atoms with Gasteiger partial charge in [0.15, 0.2) is 11.5 Å². The Morgan fingerprint density at radius 3 is 2.96 bits per heavy atom. The van der Waals surface area contributed by atoms with Crippen LogP contribution < -0.4 is 5.32 Å². The van der Waals surface area contributed by atoms with Crippen molar-refractivity contribution in [2.24, 2.45) is 0 Å². The normalized spacial score (nSPS) is 12.4. The molecule has 0 aliphatic heterocycles. The number of carbonyl (C=O) groups excluding carboxylic acids is 1. The lowest BCUT2D eigenvalue weighted by atomic mass is 10.2. The molecule has 7 nitrogen and oxygen atoms in total. The second-order valence-electron chi connectivity index (χ2n) is 5.41. The molecule has 3 heterocycles. The van der Waals surface area contributed by atoms with Crippen molar-refractivity contribution in [3.8, 4) is 0 Å². The first-order chi connectivity index (χ1) is 12.2. The molecular weight excluding hydrogens is 336 g/mol. The topological polar surface area (TPSA) is 96.5 Å². The Balaban J connectivity index is 1.50. The first kappa shape index (κ1) is 15.5. The van der Waals surface area contributed by atoms with E-state index in [2.05, 4.69) is 30.2 Å². The predicted molar refractivity (Wildman–Crippen MR) is 97.4 cm³/mol. The van der Waals surface area contributed by atoms with Crippen molar-refractivity contribution < 1.29 is 4.79 Å². The second kappa shape index (κ2) is 6.48. The maximum Gasteiger partial charge on any atom is 0.238 e. The number of anilines is 1. The largest absolute Gasteiger partial charge is 0.340 e. The number of amides is 1. The molecule has 1 amide bonds. The molecule has 4 aromatic rings. The van der Waals surface area contributed by atoms with E-state index in [0.29, 0.717) is 17.0 Å². The summed E-state index contributed by atoms with van der Waals surface area (Å²) in [6.45, 7) is 1.84. The summed E-state index contributed by atoms with van der Waals surface area (Å²) >= 11 is 1.40. The number of nitrogens with zero attached hydrogens (tertiary/aromatic N) is 4. The lowest BCUT2D eigenvalue weighted by Gasteiger charge is -2.11. The smallest absolute Gasteiger partial charge is 0.238 e. The van der Waals surface area contributed by atoms with Crippen LogP contribution in [0.3, 0.4) is 0 Å². The van der Waals surface area contributed by atoms with Crippen LogP contribution in [0.2, 0.25) is 0 Å². The third-order valence-electron chi connectivity index (χ3n) is 3.70. The minimum absolute atomic E-state index is 0.158. The number of imidazole rings is 1. The minimum atomic E-state index is -0.332. The Hall–Kier alpha value is -3.00. The monoisotopic (exact) mass is 350 g/mol. The highest BCUT2D eigenvalue weighted by molar-refractivity contribution is 8.00. The molecular formula is C17H14N6OS. The van der Waals surface area contributed by atoms with Crippen molar-refractivity contribution in [2.75, 3.05) is 5.32 Å². The Morgan fingerprint density at radius 1 is 1.16 bits per heavy atom. The van der Waals surface area contributed by atoms with Crippen molar-refractivity contribution in [1.29, 1.82) is 0 Å². The summed E-state index contributed by atoms with van der Waals surface area (Å²) in [5.74, 6) is 0.265. The summed E-state index contributed by atoms with van der Waals surface area (Å²) < 4.78 is 0. The highest BCUT2D eigenvalue weighted by Crippen LogP contribution is 2.25. The fourth-order valence-electron chi connectivity index (χ4n) is 2.43. The van der Waals surface area contributed by atoms with E-state index < -0.39 is 0 Å². The van der Waals surface area contributed by atoms with Gasteiger partial charge in [-0.15, -0.1) is 0 Å². The van der Waals surface area contributed by atoms with Crippen LogP contribution >= 0.6 is 11.8 Å². The van der Waals surface area contributed by atoms with Crippen LogP contribution in [-0.4, -0.2) is 36.1 Å². The third kappa shape index (κ3) is 3.16. The molecule has 0 spiro atoms. The average Bonchev–Trinajstić information content (AvgIpc) is 3.11. The number of rotatable bonds is 4. The molecule has 0 saturated heterocycles. The fourth-order valence-corrected chi connectivity index (χ4v) is 3.25. The van der Waals surface area contributed by atoms with Crippen molar-refractivity contribution in [1.82, 2.24) is 24.9 Å². The highest BCUT2D eigenvalue weighted by Gasteiger charge is 2.18. The van der Waals surface area contributed by atoms with Gasteiger partial charge in [0.25, 0.3) is 0 Å². The standard InChI is InChI=1S/C17H14N6OS/c1-10(25-13-7-6-11-4-2-3-5-12(11)22-13)17(24)23-16-14-15(19-8-18-14)20-9-21-16/h2-10H,1H3,(H2,18,19,20,21,23,24)/t10-/m0/s1. The molecule has 3 aromatic heterocycles. The molecule has 0 saturated carbocycles. The molecule has 0 fully saturated rings. The lowest BCUT2D eigenvalue weighted by Crippen LogP contribution is -2.23. The van der Waals surface area contributed by atoms with Crippen LogP contribution in [0.15, 0.2) is 54.1 Å². The molecule has 0 aliphatic carbocycles. The van der Waals surface area contributed by atoms with Gasteiger partial charge in [0, 0.05) is 5.39 Å². The number of carbonyl (C=O) groups is 1. The van der Waals surface area contributed by atoms with Crippen molar-refractivity contribution in [3.05, 3.63) is 49.1 Å². The number of para-hydroxylation sites is 1. The van der Waals surface area contributed by atoms with E-state index >= 15 is 0 Å².